The minimum absolute atomic E-state index is 0.185. The van der Waals surface area contributed by atoms with Gasteiger partial charge in [-0.15, -0.1) is 0 Å². The quantitative estimate of drug-likeness (QED) is 0.891. The van der Waals surface area contributed by atoms with E-state index in [4.69, 9.17) is 0 Å². The van der Waals surface area contributed by atoms with E-state index in [9.17, 15) is 0 Å². The Bertz CT molecular complexity index is 561. The highest BCUT2D eigenvalue weighted by Gasteiger charge is 2.25. The average molecular weight is 271 g/mol. The summed E-state index contributed by atoms with van der Waals surface area (Å²) in [5, 5.41) is 11.0. The molecule has 106 valence electrons. The molecule has 3 heterocycles. The zero-order valence-corrected chi connectivity index (χ0v) is 12.1. The van der Waals surface area contributed by atoms with Gasteiger partial charge in [0.25, 0.3) is 0 Å². The largest absolute Gasteiger partial charge is 0.309 e. The van der Waals surface area contributed by atoms with Crippen LogP contribution in [0.15, 0.2) is 30.6 Å². The molecule has 2 N–H and O–H groups in total. The van der Waals surface area contributed by atoms with Gasteiger partial charge >= 0.3 is 0 Å². The van der Waals surface area contributed by atoms with Crippen LogP contribution in [-0.4, -0.2) is 45.3 Å². The molecule has 1 saturated heterocycles. The maximum Gasteiger partial charge on any atom is 0.0939 e. The van der Waals surface area contributed by atoms with E-state index in [0.717, 1.165) is 43.1 Å². The molecule has 0 spiro atoms. The van der Waals surface area contributed by atoms with Gasteiger partial charge in [-0.3, -0.25) is 15.0 Å². The maximum absolute atomic E-state index is 4.38. The second-order valence-electron chi connectivity index (χ2n) is 6.04. The Morgan fingerprint density at radius 2 is 2.30 bits per heavy atom. The van der Waals surface area contributed by atoms with Crippen LogP contribution in [0, 0.1) is 0 Å². The summed E-state index contributed by atoms with van der Waals surface area (Å²) in [6.07, 6.45) is 3.62. The molecular formula is C15H21N5. The Balaban J connectivity index is 1.69. The standard InChI is InChI=1S/C15H21N5/c1-15(2)11-20(7-6-17-15)10-13-8-14(19-18-13)12-4-3-5-16-9-12/h3-5,8-9,17H,6-7,10-11H2,1-2H3,(H,18,19). The van der Waals surface area contributed by atoms with Crippen molar-refractivity contribution in [1.29, 1.82) is 0 Å². The summed E-state index contributed by atoms with van der Waals surface area (Å²) in [6.45, 7) is 8.56. The number of H-pyrrole nitrogens is 1. The Morgan fingerprint density at radius 3 is 3.05 bits per heavy atom. The van der Waals surface area contributed by atoms with E-state index in [2.05, 4.69) is 45.3 Å². The lowest BCUT2D eigenvalue weighted by Gasteiger charge is -2.38. The molecule has 0 bridgehead atoms. The summed E-state index contributed by atoms with van der Waals surface area (Å²) < 4.78 is 0. The molecule has 2 aromatic rings. The zero-order valence-electron chi connectivity index (χ0n) is 12.1. The topological polar surface area (TPSA) is 56.8 Å². The smallest absolute Gasteiger partial charge is 0.0939 e. The molecule has 3 rings (SSSR count). The molecule has 0 amide bonds. The lowest BCUT2D eigenvalue weighted by molar-refractivity contribution is 0.147. The molecule has 1 aliphatic heterocycles. The van der Waals surface area contributed by atoms with E-state index in [0.29, 0.717) is 0 Å². The van der Waals surface area contributed by atoms with E-state index < -0.39 is 0 Å². The maximum atomic E-state index is 4.38. The molecule has 0 atom stereocenters. The fourth-order valence-corrected chi connectivity index (χ4v) is 2.73. The van der Waals surface area contributed by atoms with Crippen molar-refractivity contribution >= 4 is 0 Å². The second-order valence-corrected chi connectivity index (χ2v) is 6.04. The highest BCUT2D eigenvalue weighted by Crippen LogP contribution is 2.18. The number of nitrogens with zero attached hydrogens (tertiary/aromatic N) is 3. The van der Waals surface area contributed by atoms with Gasteiger partial charge in [-0.25, -0.2) is 0 Å². The van der Waals surface area contributed by atoms with Crippen LogP contribution in [0.1, 0.15) is 19.5 Å². The van der Waals surface area contributed by atoms with Gasteiger partial charge in [-0.1, -0.05) is 0 Å². The first-order valence-electron chi connectivity index (χ1n) is 7.04. The van der Waals surface area contributed by atoms with Gasteiger partial charge in [0.2, 0.25) is 0 Å². The first-order valence-corrected chi connectivity index (χ1v) is 7.04. The third kappa shape index (κ3) is 3.05. The normalized spacial score (nSPS) is 19.1. The molecule has 1 aliphatic rings. The Kier molecular flexibility index (Phi) is 3.54. The SMILES string of the molecule is CC1(C)CN(Cc2cc(-c3cccnc3)n[nH]2)CCN1. The number of aromatic amines is 1. The molecule has 5 nitrogen and oxygen atoms in total. The fraction of sp³-hybridized carbons (Fsp3) is 0.467. The molecule has 0 aliphatic carbocycles. The minimum Gasteiger partial charge on any atom is -0.309 e. The van der Waals surface area contributed by atoms with E-state index in [-0.39, 0.29) is 5.54 Å². The van der Waals surface area contributed by atoms with Crippen LogP contribution in [-0.2, 0) is 6.54 Å². The van der Waals surface area contributed by atoms with Gasteiger partial charge in [0, 0.05) is 55.4 Å². The predicted molar refractivity (Wildman–Crippen MR) is 79.2 cm³/mol. The van der Waals surface area contributed by atoms with Crippen LogP contribution < -0.4 is 5.32 Å². The highest BCUT2D eigenvalue weighted by molar-refractivity contribution is 5.57. The van der Waals surface area contributed by atoms with E-state index >= 15 is 0 Å². The summed E-state index contributed by atoms with van der Waals surface area (Å²) in [5.41, 5.74) is 3.35. The summed E-state index contributed by atoms with van der Waals surface area (Å²) >= 11 is 0. The van der Waals surface area contributed by atoms with Gasteiger partial charge in [-0.05, 0) is 32.0 Å². The van der Waals surface area contributed by atoms with Crippen molar-refractivity contribution in [2.75, 3.05) is 19.6 Å². The number of nitrogens with one attached hydrogen (secondary N) is 2. The van der Waals surface area contributed by atoms with Crippen LogP contribution in [0.3, 0.4) is 0 Å². The average Bonchev–Trinajstić information content (AvgIpc) is 2.87. The van der Waals surface area contributed by atoms with Crippen molar-refractivity contribution in [2.24, 2.45) is 0 Å². The van der Waals surface area contributed by atoms with Crippen LogP contribution >= 0.6 is 0 Å². The fourth-order valence-electron chi connectivity index (χ4n) is 2.73. The number of pyridine rings is 1. The van der Waals surface area contributed by atoms with Crippen LogP contribution in [0.5, 0.6) is 0 Å². The van der Waals surface area contributed by atoms with Gasteiger partial charge in [-0.2, -0.15) is 5.10 Å². The Labute approximate surface area is 119 Å². The second kappa shape index (κ2) is 5.34. The lowest BCUT2D eigenvalue weighted by atomic mass is 10.0. The van der Waals surface area contributed by atoms with Crippen molar-refractivity contribution in [2.45, 2.75) is 25.9 Å². The Hall–Kier alpha value is -1.72. The van der Waals surface area contributed by atoms with Gasteiger partial charge in [0.1, 0.15) is 0 Å². The van der Waals surface area contributed by atoms with Crippen LogP contribution in [0.25, 0.3) is 11.3 Å². The van der Waals surface area contributed by atoms with Crippen LogP contribution in [0.4, 0.5) is 0 Å². The third-order valence-corrected chi connectivity index (χ3v) is 3.63. The monoisotopic (exact) mass is 271 g/mol. The van der Waals surface area contributed by atoms with Crippen molar-refractivity contribution in [1.82, 2.24) is 25.4 Å². The molecule has 1 fully saturated rings. The molecular weight excluding hydrogens is 250 g/mol. The third-order valence-electron chi connectivity index (χ3n) is 3.63. The van der Waals surface area contributed by atoms with Crippen LogP contribution in [0.2, 0.25) is 0 Å². The van der Waals surface area contributed by atoms with Crippen molar-refractivity contribution in [3.8, 4) is 11.3 Å². The van der Waals surface area contributed by atoms with Crippen molar-refractivity contribution in [3.63, 3.8) is 0 Å². The summed E-state index contributed by atoms with van der Waals surface area (Å²) in [4.78, 5) is 6.59. The summed E-state index contributed by atoms with van der Waals surface area (Å²) in [6, 6.07) is 6.08. The first-order chi connectivity index (χ1) is 9.62. The number of aromatic nitrogens is 3. The van der Waals surface area contributed by atoms with Gasteiger partial charge < -0.3 is 5.32 Å². The summed E-state index contributed by atoms with van der Waals surface area (Å²) in [7, 11) is 0. The lowest BCUT2D eigenvalue weighted by Crippen LogP contribution is -2.56. The van der Waals surface area contributed by atoms with E-state index in [1.54, 1.807) is 6.20 Å². The molecule has 0 saturated carbocycles. The number of hydrogen-bond donors (Lipinski definition) is 2. The molecule has 0 unspecified atom stereocenters. The zero-order chi connectivity index (χ0) is 14.0. The molecule has 20 heavy (non-hydrogen) atoms. The molecule has 0 aromatic carbocycles. The predicted octanol–water partition coefficient (Wildman–Crippen LogP) is 1.66. The van der Waals surface area contributed by atoms with Gasteiger partial charge in [0.05, 0.1) is 5.69 Å². The van der Waals surface area contributed by atoms with Crippen molar-refractivity contribution in [3.05, 3.63) is 36.3 Å². The highest BCUT2D eigenvalue weighted by atomic mass is 15.2. The number of hydrogen-bond acceptors (Lipinski definition) is 4. The summed E-state index contributed by atoms with van der Waals surface area (Å²) in [5.74, 6) is 0. The van der Waals surface area contributed by atoms with Gasteiger partial charge in [0.15, 0.2) is 0 Å². The van der Waals surface area contributed by atoms with E-state index in [1.807, 2.05) is 18.3 Å². The molecule has 5 heteroatoms. The molecule has 0 radical (unpaired) electrons. The van der Waals surface area contributed by atoms with E-state index in [1.165, 1.54) is 0 Å². The minimum atomic E-state index is 0.185. The Morgan fingerprint density at radius 1 is 1.40 bits per heavy atom. The first kappa shape index (κ1) is 13.3. The molecule has 2 aromatic heterocycles. The van der Waals surface area contributed by atoms with Crippen molar-refractivity contribution < 1.29 is 0 Å². The number of piperazine rings is 1. The number of rotatable bonds is 3.